The molecular formula is C54H35BN2. The fourth-order valence-corrected chi connectivity index (χ4v) is 9.72. The number of rotatable bonds is 5. The summed E-state index contributed by atoms with van der Waals surface area (Å²) in [4.78, 5) is 2.57. The molecule has 2 nitrogen and oxygen atoms in total. The van der Waals surface area contributed by atoms with Gasteiger partial charge in [-0.15, -0.1) is 0 Å². The van der Waals surface area contributed by atoms with Crippen LogP contribution in [-0.4, -0.2) is 11.3 Å². The van der Waals surface area contributed by atoms with E-state index in [0.29, 0.717) is 0 Å². The summed E-state index contributed by atoms with van der Waals surface area (Å²) in [5.74, 6) is 0. The predicted octanol–water partition coefficient (Wildman–Crippen LogP) is 12.9. The van der Waals surface area contributed by atoms with E-state index < -0.39 is 0 Å². The maximum absolute atomic E-state index is 2.66. The first-order valence-corrected chi connectivity index (χ1v) is 19.8. The minimum absolute atomic E-state index is 0.0642. The summed E-state index contributed by atoms with van der Waals surface area (Å²) in [7, 11) is 0. The van der Waals surface area contributed by atoms with Gasteiger partial charge in [0.25, 0.3) is 0 Å². The molecule has 0 aliphatic carbocycles. The molecule has 9 aromatic carbocycles. The Morgan fingerprint density at radius 1 is 0.316 bits per heavy atom. The van der Waals surface area contributed by atoms with Crippen molar-refractivity contribution in [3.8, 4) is 55.6 Å². The van der Waals surface area contributed by atoms with Crippen LogP contribution in [0.2, 0.25) is 0 Å². The highest BCUT2D eigenvalue weighted by Crippen LogP contribution is 2.48. The molecule has 0 N–H and O–H groups in total. The quantitative estimate of drug-likeness (QED) is 0.161. The van der Waals surface area contributed by atoms with Crippen molar-refractivity contribution in [3.05, 3.63) is 212 Å². The summed E-state index contributed by atoms with van der Waals surface area (Å²) >= 11 is 0. The van der Waals surface area contributed by atoms with Gasteiger partial charge in [-0.3, -0.25) is 0 Å². The second-order valence-corrected chi connectivity index (χ2v) is 15.3. The Kier molecular flexibility index (Phi) is 7.06. The molecule has 1 aromatic heterocycles. The molecule has 0 fully saturated rings. The molecule has 0 radical (unpaired) electrons. The van der Waals surface area contributed by atoms with Crippen LogP contribution in [0.25, 0.3) is 77.4 Å². The van der Waals surface area contributed by atoms with Crippen LogP contribution in [0.3, 0.4) is 0 Å². The van der Waals surface area contributed by atoms with E-state index >= 15 is 0 Å². The van der Waals surface area contributed by atoms with Crippen LogP contribution in [0.4, 0.5) is 17.1 Å². The lowest BCUT2D eigenvalue weighted by molar-refractivity contribution is 1.25. The molecule has 0 saturated carbocycles. The van der Waals surface area contributed by atoms with Gasteiger partial charge in [0.1, 0.15) is 0 Å². The average Bonchev–Trinajstić information content (AvgIpc) is 3.63. The lowest BCUT2D eigenvalue weighted by atomic mass is 9.44. The standard InChI is InChI=1S/C54H35BN2/c1-5-17-36(18-6-1)40-31-41(37-19-7-2-8-20-37)33-43(32-40)56-50-30-16-26-45-47-28-15-27-46-44-25-13-14-29-49(44)57(54(46)47)55(52(45)50)53-48(39-23-11-4-12-24-39)34-42(35-51(53)56)38-21-9-3-10-22-38/h1-35H. The number of para-hydroxylation sites is 2. The highest BCUT2D eigenvalue weighted by molar-refractivity contribution is 6.91. The fourth-order valence-electron chi connectivity index (χ4n) is 9.72. The molecular weight excluding hydrogens is 687 g/mol. The Hall–Kier alpha value is -7.36. The molecule has 0 saturated heterocycles. The summed E-state index contributed by atoms with van der Waals surface area (Å²) in [6, 6.07) is 78.3. The number of hydrogen-bond donors (Lipinski definition) is 0. The maximum Gasteiger partial charge on any atom is 0.333 e. The Balaban J connectivity index is 1.25. The van der Waals surface area contributed by atoms with Crippen molar-refractivity contribution in [1.82, 2.24) is 4.48 Å². The molecule has 3 heteroatoms. The van der Waals surface area contributed by atoms with Crippen molar-refractivity contribution in [2.24, 2.45) is 0 Å². The van der Waals surface area contributed by atoms with E-state index in [-0.39, 0.29) is 6.85 Å². The molecule has 264 valence electrons. The third-order valence-corrected chi connectivity index (χ3v) is 12.1. The van der Waals surface area contributed by atoms with Gasteiger partial charge in [-0.25, -0.2) is 0 Å². The fraction of sp³-hybridized carbons (Fsp3) is 0. The van der Waals surface area contributed by atoms with Crippen LogP contribution in [0, 0.1) is 0 Å². The molecule has 3 heterocycles. The van der Waals surface area contributed by atoms with Gasteiger partial charge >= 0.3 is 6.85 Å². The van der Waals surface area contributed by atoms with E-state index in [2.05, 4.69) is 222 Å². The van der Waals surface area contributed by atoms with Crippen molar-refractivity contribution in [3.63, 3.8) is 0 Å². The van der Waals surface area contributed by atoms with Crippen molar-refractivity contribution >= 4 is 56.6 Å². The molecule has 2 aliphatic heterocycles. The average molecular weight is 723 g/mol. The normalized spacial score (nSPS) is 12.5. The molecule has 0 unspecified atom stereocenters. The number of fused-ring (bicyclic) bond motifs is 7. The Labute approximate surface area is 332 Å². The highest BCUT2D eigenvalue weighted by Gasteiger charge is 2.44. The van der Waals surface area contributed by atoms with Crippen molar-refractivity contribution in [2.75, 3.05) is 4.90 Å². The van der Waals surface area contributed by atoms with E-state index in [1.807, 2.05) is 0 Å². The molecule has 0 bridgehead atoms. The molecule has 0 spiro atoms. The minimum atomic E-state index is -0.0642. The smallest absolute Gasteiger partial charge is 0.333 e. The Bertz CT molecular complexity index is 3110. The zero-order valence-electron chi connectivity index (χ0n) is 31.2. The molecule has 2 aliphatic rings. The van der Waals surface area contributed by atoms with E-state index in [0.717, 1.165) is 5.69 Å². The van der Waals surface area contributed by atoms with Gasteiger partial charge in [0.2, 0.25) is 0 Å². The SMILES string of the molecule is c1ccc(-c2cc(-c3ccccc3)cc(N3c4cc(-c5ccccc5)cc(-c5ccccc5)c4B4c5c(cccc53)-c3cccc5c6ccccc6n4c35)c2)cc1. The van der Waals surface area contributed by atoms with E-state index in [1.165, 1.54) is 99.7 Å². The number of nitrogens with zero attached hydrogens (tertiary/aromatic N) is 2. The van der Waals surface area contributed by atoms with Crippen LogP contribution in [-0.2, 0) is 0 Å². The third kappa shape index (κ3) is 4.86. The molecule has 0 amide bonds. The zero-order valence-corrected chi connectivity index (χ0v) is 31.2. The predicted molar refractivity (Wildman–Crippen MR) is 242 cm³/mol. The number of anilines is 3. The number of aromatic nitrogens is 1. The van der Waals surface area contributed by atoms with Crippen LogP contribution < -0.4 is 15.8 Å². The lowest BCUT2D eigenvalue weighted by Gasteiger charge is -2.42. The molecule has 57 heavy (non-hydrogen) atoms. The molecule has 10 aromatic rings. The Morgan fingerprint density at radius 3 is 1.47 bits per heavy atom. The molecule has 12 rings (SSSR count). The van der Waals surface area contributed by atoms with Gasteiger partial charge in [0.15, 0.2) is 0 Å². The van der Waals surface area contributed by atoms with Crippen molar-refractivity contribution in [1.29, 1.82) is 0 Å². The van der Waals surface area contributed by atoms with E-state index in [9.17, 15) is 0 Å². The Morgan fingerprint density at radius 2 is 0.825 bits per heavy atom. The van der Waals surface area contributed by atoms with E-state index in [4.69, 9.17) is 0 Å². The first kappa shape index (κ1) is 31.9. The summed E-state index contributed by atoms with van der Waals surface area (Å²) < 4.78 is 2.66. The van der Waals surface area contributed by atoms with Gasteiger partial charge < -0.3 is 9.38 Å². The minimum Gasteiger partial charge on any atom is -0.375 e. The largest absolute Gasteiger partial charge is 0.375 e. The maximum atomic E-state index is 2.66. The van der Waals surface area contributed by atoms with Gasteiger partial charge in [0.05, 0.1) is 0 Å². The van der Waals surface area contributed by atoms with Crippen LogP contribution in [0.15, 0.2) is 212 Å². The highest BCUT2D eigenvalue weighted by atomic mass is 15.2. The second-order valence-electron chi connectivity index (χ2n) is 15.3. The first-order valence-electron chi connectivity index (χ1n) is 19.8. The lowest BCUT2D eigenvalue weighted by Crippen LogP contribution is -2.57. The van der Waals surface area contributed by atoms with Gasteiger partial charge in [-0.1, -0.05) is 170 Å². The monoisotopic (exact) mass is 722 g/mol. The zero-order chi connectivity index (χ0) is 37.5. The van der Waals surface area contributed by atoms with E-state index in [1.54, 1.807) is 0 Å². The van der Waals surface area contributed by atoms with Crippen molar-refractivity contribution < 1.29 is 0 Å². The van der Waals surface area contributed by atoms with Crippen LogP contribution in [0.5, 0.6) is 0 Å². The van der Waals surface area contributed by atoms with Gasteiger partial charge in [0, 0.05) is 44.4 Å². The first-order chi connectivity index (χ1) is 28.3. The topological polar surface area (TPSA) is 8.17 Å². The summed E-state index contributed by atoms with van der Waals surface area (Å²) in [6.45, 7) is -0.0642. The van der Waals surface area contributed by atoms with Crippen molar-refractivity contribution in [2.45, 2.75) is 0 Å². The third-order valence-electron chi connectivity index (χ3n) is 12.1. The van der Waals surface area contributed by atoms with Gasteiger partial charge in [-0.05, 0) is 103 Å². The van der Waals surface area contributed by atoms with Gasteiger partial charge in [-0.2, -0.15) is 0 Å². The van der Waals surface area contributed by atoms with Crippen LogP contribution in [0.1, 0.15) is 0 Å². The number of benzene rings is 9. The number of hydrogen-bond acceptors (Lipinski definition) is 1. The molecule has 0 atom stereocenters. The second kappa shape index (κ2) is 12.6. The summed E-state index contributed by atoms with van der Waals surface area (Å²) in [5, 5.41) is 2.59. The summed E-state index contributed by atoms with van der Waals surface area (Å²) in [6.07, 6.45) is 0. The van der Waals surface area contributed by atoms with Crippen LogP contribution >= 0.6 is 0 Å². The summed E-state index contributed by atoms with van der Waals surface area (Å²) in [5.41, 5.74) is 20.9.